The summed E-state index contributed by atoms with van der Waals surface area (Å²) < 4.78 is 6.63. The van der Waals surface area contributed by atoms with Crippen molar-refractivity contribution in [1.82, 2.24) is 9.97 Å². The van der Waals surface area contributed by atoms with Crippen LogP contribution in [0, 0.1) is 0 Å². The van der Waals surface area contributed by atoms with E-state index in [-0.39, 0.29) is 11.5 Å². The smallest absolute Gasteiger partial charge is 0.157 e. The van der Waals surface area contributed by atoms with E-state index in [9.17, 15) is 10.2 Å². The summed E-state index contributed by atoms with van der Waals surface area (Å²) in [5, 5.41) is 21.2. The standard InChI is InChI=1S/C39H30N4O3/c1-39(2)29-9-7-13-33(42-23-27-21-25(15-17-35(27)44)31-11-3-5-19-40-31)37(29)46-38-30(39)10-8-14-34(38)43-24-28-22-26(16-18-36(28)45)32-12-4-6-20-41-32/h3-24,44-45H,1-2H3. The quantitative estimate of drug-likeness (QED) is 0.185. The molecule has 0 bridgehead atoms. The fourth-order valence-electron chi connectivity index (χ4n) is 5.68. The van der Waals surface area contributed by atoms with E-state index in [2.05, 4.69) is 23.8 Å². The first-order chi connectivity index (χ1) is 22.4. The number of rotatable bonds is 6. The first kappa shape index (κ1) is 28.7. The maximum Gasteiger partial charge on any atom is 0.157 e. The van der Waals surface area contributed by atoms with E-state index in [0.29, 0.717) is 34.0 Å². The van der Waals surface area contributed by atoms with Gasteiger partial charge in [-0.15, -0.1) is 0 Å². The molecule has 0 saturated carbocycles. The van der Waals surface area contributed by atoms with Gasteiger partial charge in [0.05, 0.1) is 11.4 Å². The van der Waals surface area contributed by atoms with Crippen molar-refractivity contribution in [1.29, 1.82) is 0 Å². The molecule has 4 aromatic carbocycles. The zero-order valence-corrected chi connectivity index (χ0v) is 25.3. The number of benzene rings is 4. The van der Waals surface area contributed by atoms with Crippen molar-refractivity contribution in [3.05, 3.63) is 144 Å². The normalized spacial score (nSPS) is 13.3. The molecule has 3 heterocycles. The summed E-state index contributed by atoms with van der Waals surface area (Å²) in [6, 6.07) is 33.9. The highest BCUT2D eigenvalue weighted by Gasteiger charge is 2.36. The van der Waals surface area contributed by atoms with E-state index in [1.165, 1.54) is 0 Å². The third-order valence-electron chi connectivity index (χ3n) is 8.20. The predicted octanol–water partition coefficient (Wildman–Crippen LogP) is 9.15. The van der Waals surface area contributed by atoms with Gasteiger partial charge in [0.25, 0.3) is 0 Å². The van der Waals surface area contributed by atoms with Crippen LogP contribution < -0.4 is 4.74 Å². The number of pyridine rings is 2. The molecular weight excluding hydrogens is 572 g/mol. The molecule has 1 aliphatic heterocycles. The minimum Gasteiger partial charge on any atom is -0.507 e. The molecule has 7 heteroatoms. The SMILES string of the molecule is CC1(C)c2cccc(N=Cc3cc(-c4ccccn4)ccc3O)c2Oc2c(N=Cc3cc(-c4ccccn4)ccc3O)cccc21. The van der Waals surface area contributed by atoms with Crippen LogP contribution in [0.25, 0.3) is 22.5 Å². The first-order valence-corrected chi connectivity index (χ1v) is 14.9. The van der Waals surface area contributed by atoms with Gasteiger partial charge in [-0.1, -0.05) is 50.2 Å². The molecule has 0 fully saturated rings. The molecule has 0 unspecified atom stereocenters. The Balaban J connectivity index is 1.24. The predicted molar refractivity (Wildman–Crippen MR) is 182 cm³/mol. The van der Waals surface area contributed by atoms with Crippen molar-refractivity contribution >= 4 is 23.8 Å². The van der Waals surface area contributed by atoms with E-state index in [1.807, 2.05) is 97.1 Å². The van der Waals surface area contributed by atoms with E-state index in [0.717, 1.165) is 33.6 Å². The number of aliphatic imine (C=N–C) groups is 2. The van der Waals surface area contributed by atoms with E-state index in [4.69, 9.17) is 14.7 Å². The Morgan fingerprint density at radius 2 is 1.07 bits per heavy atom. The highest BCUT2D eigenvalue weighted by atomic mass is 16.5. The number of ether oxygens (including phenoxy) is 1. The average Bonchev–Trinajstić information content (AvgIpc) is 3.08. The molecule has 0 aliphatic carbocycles. The van der Waals surface area contributed by atoms with Gasteiger partial charge in [-0.05, 0) is 72.8 Å². The van der Waals surface area contributed by atoms with Crippen LogP contribution in [0.5, 0.6) is 23.0 Å². The van der Waals surface area contributed by atoms with E-state index < -0.39 is 5.41 Å². The second-order valence-electron chi connectivity index (χ2n) is 11.5. The molecule has 6 aromatic rings. The van der Waals surface area contributed by atoms with Crippen molar-refractivity contribution in [2.75, 3.05) is 0 Å². The van der Waals surface area contributed by atoms with Gasteiger partial charge in [-0.2, -0.15) is 0 Å². The third kappa shape index (κ3) is 5.39. The van der Waals surface area contributed by atoms with Crippen molar-refractivity contribution in [3.63, 3.8) is 0 Å². The van der Waals surface area contributed by atoms with Crippen molar-refractivity contribution < 1.29 is 14.9 Å². The van der Waals surface area contributed by atoms with E-state index in [1.54, 1.807) is 37.0 Å². The van der Waals surface area contributed by atoms with Crippen LogP contribution in [-0.2, 0) is 5.41 Å². The molecule has 2 N–H and O–H groups in total. The fraction of sp³-hybridized carbons (Fsp3) is 0.0769. The van der Waals surface area contributed by atoms with Gasteiger partial charge in [0.1, 0.15) is 22.9 Å². The fourth-order valence-corrected chi connectivity index (χ4v) is 5.68. The number of aromatic hydroxyl groups is 2. The summed E-state index contributed by atoms with van der Waals surface area (Å²) in [5.41, 5.74) is 7.30. The lowest BCUT2D eigenvalue weighted by Crippen LogP contribution is -2.24. The Kier molecular flexibility index (Phi) is 7.35. The second kappa shape index (κ2) is 11.8. The largest absolute Gasteiger partial charge is 0.507 e. The molecule has 7 rings (SSSR count). The van der Waals surface area contributed by atoms with Crippen LogP contribution in [0.3, 0.4) is 0 Å². The molecule has 1 aliphatic rings. The van der Waals surface area contributed by atoms with Gasteiger partial charge in [-0.3, -0.25) is 20.0 Å². The minimum atomic E-state index is -0.415. The molecular formula is C39H30N4O3. The lowest BCUT2D eigenvalue weighted by atomic mass is 9.75. The van der Waals surface area contributed by atoms with Crippen LogP contribution in [0.1, 0.15) is 36.1 Å². The Morgan fingerprint density at radius 3 is 1.50 bits per heavy atom. The summed E-state index contributed by atoms with van der Waals surface area (Å²) in [6.45, 7) is 4.30. The van der Waals surface area contributed by atoms with Crippen LogP contribution >= 0.6 is 0 Å². The lowest BCUT2D eigenvalue weighted by molar-refractivity contribution is 0.420. The average molecular weight is 603 g/mol. The summed E-state index contributed by atoms with van der Waals surface area (Å²) in [7, 11) is 0. The number of aromatic nitrogens is 2. The molecule has 0 atom stereocenters. The van der Waals surface area contributed by atoms with Gasteiger partial charge in [0, 0.05) is 63.6 Å². The summed E-state index contributed by atoms with van der Waals surface area (Å²) in [6.07, 6.45) is 6.77. The monoisotopic (exact) mass is 602 g/mol. The minimum absolute atomic E-state index is 0.117. The Bertz CT molecular complexity index is 1970. The number of hydrogen-bond acceptors (Lipinski definition) is 7. The zero-order chi connectivity index (χ0) is 31.7. The third-order valence-corrected chi connectivity index (χ3v) is 8.20. The van der Waals surface area contributed by atoms with Crippen LogP contribution in [0.15, 0.2) is 132 Å². The summed E-state index contributed by atoms with van der Waals surface area (Å²) >= 11 is 0. The topological polar surface area (TPSA) is 100 Å². The highest BCUT2D eigenvalue weighted by molar-refractivity contribution is 5.90. The second-order valence-corrected chi connectivity index (χ2v) is 11.5. The van der Waals surface area contributed by atoms with Crippen LogP contribution in [0.2, 0.25) is 0 Å². The molecule has 0 saturated heterocycles. The van der Waals surface area contributed by atoms with Crippen molar-refractivity contribution in [2.24, 2.45) is 9.98 Å². The number of hydrogen-bond donors (Lipinski definition) is 2. The molecule has 2 aromatic heterocycles. The van der Waals surface area contributed by atoms with E-state index >= 15 is 0 Å². The molecule has 0 spiro atoms. The van der Waals surface area contributed by atoms with Gasteiger partial charge >= 0.3 is 0 Å². The number of nitrogens with zero attached hydrogens (tertiary/aromatic N) is 4. The number of phenolic OH excluding ortho intramolecular Hbond substituents is 2. The van der Waals surface area contributed by atoms with Gasteiger partial charge in [0.2, 0.25) is 0 Å². The first-order valence-electron chi connectivity index (χ1n) is 14.9. The molecule has 46 heavy (non-hydrogen) atoms. The summed E-state index contributed by atoms with van der Waals surface area (Å²) in [4.78, 5) is 18.4. The van der Waals surface area contributed by atoms with Gasteiger partial charge < -0.3 is 14.9 Å². The van der Waals surface area contributed by atoms with Crippen molar-refractivity contribution in [3.8, 4) is 45.5 Å². The van der Waals surface area contributed by atoms with Crippen molar-refractivity contribution in [2.45, 2.75) is 19.3 Å². The molecule has 7 nitrogen and oxygen atoms in total. The number of phenols is 2. The molecule has 0 amide bonds. The number of fused-ring (bicyclic) bond motifs is 2. The maximum absolute atomic E-state index is 10.6. The van der Waals surface area contributed by atoms with Gasteiger partial charge in [0.15, 0.2) is 11.5 Å². The molecule has 224 valence electrons. The summed E-state index contributed by atoms with van der Waals surface area (Å²) in [5.74, 6) is 1.48. The lowest BCUT2D eigenvalue weighted by Gasteiger charge is -2.35. The van der Waals surface area contributed by atoms with Crippen LogP contribution in [-0.4, -0.2) is 32.6 Å². The Labute approximate surface area is 266 Å². The Hall–Kier alpha value is -6.08. The maximum atomic E-state index is 10.6. The molecule has 0 radical (unpaired) electrons. The van der Waals surface area contributed by atoms with Crippen LogP contribution in [0.4, 0.5) is 11.4 Å². The Morgan fingerprint density at radius 1 is 0.587 bits per heavy atom. The number of para-hydroxylation sites is 2. The van der Waals surface area contributed by atoms with Gasteiger partial charge in [-0.25, -0.2) is 0 Å². The zero-order valence-electron chi connectivity index (χ0n) is 25.3. The highest BCUT2D eigenvalue weighted by Crippen LogP contribution is 2.54.